The number of rotatable bonds is 6. The van der Waals surface area contributed by atoms with Crippen molar-refractivity contribution in [3.8, 4) is 5.75 Å². The Morgan fingerprint density at radius 2 is 2.03 bits per heavy atom. The smallest absolute Gasteiger partial charge is 0.414 e. The highest BCUT2D eigenvalue weighted by Crippen LogP contribution is 2.34. The first kappa shape index (κ1) is 20.7. The van der Waals surface area contributed by atoms with Gasteiger partial charge < -0.3 is 24.7 Å². The molecular weight excluding hydrogens is 438 g/mol. The lowest BCUT2D eigenvalue weighted by molar-refractivity contribution is -0.118. The maximum Gasteiger partial charge on any atom is 0.414 e. The molecule has 1 fully saturated rings. The van der Waals surface area contributed by atoms with Gasteiger partial charge in [-0.25, -0.2) is 4.79 Å². The average molecular weight is 461 g/mol. The molecule has 3 aliphatic rings. The Labute approximate surface area is 194 Å². The van der Waals surface area contributed by atoms with E-state index in [1.807, 2.05) is 6.07 Å². The summed E-state index contributed by atoms with van der Waals surface area (Å²) in [7, 11) is 0. The Bertz CT molecular complexity index is 1370. The summed E-state index contributed by atoms with van der Waals surface area (Å²) in [5.41, 5.74) is 4.01. The predicted octanol–water partition coefficient (Wildman–Crippen LogP) is 2.18. The van der Waals surface area contributed by atoms with E-state index < -0.39 is 6.09 Å². The van der Waals surface area contributed by atoms with E-state index in [0.717, 1.165) is 29.6 Å². The van der Waals surface area contributed by atoms with Gasteiger partial charge in [-0.3, -0.25) is 19.5 Å². The maximum atomic E-state index is 12.5. The number of amides is 2. The third kappa shape index (κ3) is 3.56. The molecule has 0 bridgehead atoms. The monoisotopic (exact) mass is 461 g/mol. The molecule has 0 unspecified atom stereocenters. The molecule has 10 heteroatoms. The molecule has 2 N–H and O–H groups in total. The standard InChI is InChI=1S/C24H23N5O5/c30-21-13-33-20-5-3-14(10-18(20)27-21)28-11-15(34-24(28)32)2-1-8-25-19-12-29-22(31)6-4-17-23(29)16(19)7-9-26-17/h3-7,9-10,15,19,25H,1-2,8,11-13H2,(H,27,30)/t15-,19+/m1/s1. The summed E-state index contributed by atoms with van der Waals surface area (Å²) in [5.74, 6) is 0.364. The molecule has 1 aromatic carbocycles. The third-order valence-corrected chi connectivity index (χ3v) is 6.52. The van der Waals surface area contributed by atoms with Gasteiger partial charge in [0.2, 0.25) is 0 Å². The Morgan fingerprint density at radius 1 is 1.12 bits per heavy atom. The molecule has 2 amide bonds. The van der Waals surface area contributed by atoms with E-state index in [0.29, 0.717) is 36.6 Å². The van der Waals surface area contributed by atoms with Crippen molar-refractivity contribution in [1.29, 1.82) is 0 Å². The number of anilines is 2. The number of cyclic esters (lactones) is 1. The molecule has 0 radical (unpaired) electrons. The van der Waals surface area contributed by atoms with E-state index in [1.54, 1.807) is 46.0 Å². The average Bonchev–Trinajstić information content (AvgIpc) is 3.40. The Morgan fingerprint density at radius 3 is 2.94 bits per heavy atom. The minimum atomic E-state index is -0.397. The van der Waals surface area contributed by atoms with Crippen molar-refractivity contribution in [3.05, 3.63) is 58.5 Å². The van der Waals surface area contributed by atoms with Crippen molar-refractivity contribution >= 4 is 34.4 Å². The van der Waals surface area contributed by atoms with Gasteiger partial charge >= 0.3 is 6.09 Å². The molecular formula is C24H23N5O5. The number of nitrogens with one attached hydrogen (secondary N) is 2. The molecule has 6 rings (SSSR count). The fraction of sp³-hybridized carbons (Fsp3) is 0.333. The predicted molar refractivity (Wildman–Crippen MR) is 124 cm³/mol. The molecule has 0 saturated carbocycles. The lowest BCUT2D eigenvalue weighted by Gasteiger charge is -2.20. The molecule has 0 spiro atoms. The minimum absolute atomic E-state index is 0.00999. The number of pyridine rings is 2. The number of carbonyl (C=O) groups excluding carboxylic acids is 2. The van der Waals surface area contributed by atoms with Crippen LogP contribution in [0.1, 0.15) is 24.4 Å². The van der Waals surface area contributed by atoms with E-state index in [9.17, 15) is 14.4 Å². The van der Waals surface area contributed by atoms with Gasteiger partial charge in [0.25, 0.3) is 11.5 Å². The molecule has 174 valence electrons. The Kier molecular flexibility index (Phi) is 4.95. The lowest BCUT2D eigenvalue weighted by Crippen LogP contribution is -2.28. The first-order valence-corrected chi connectivity index (χ1v) is 11.3. The highest BCUT2D eigenvalue weighted by molar-refractivity contribution is 5.97. The zero-order valence-electron chi connectivity index (χ0n) is 18.3. The molecule has 3 aromatic rings. The van der Waals surface area contributed by atoms with Gasteiger partial charge in [-0.05, 0) is 55.3 Å². The van der Waals surface area contributed by atoms with Crippen molar-refractivity contribution in [3.63, 3.8) is 0 Å². The second-order valence-corrected chi connectivity index (χ2v) is 8.70. The number of hydrogen-bond acceptors (Lipinski definition) is 7. The maximum absolute atomic E-state index is 12.5. The van der Waals surface area contributed by atoms with Gasteiger partial charge in [-0.2, -0.15) is 0 Å². The fourth-order valence-electron chi connectivity index (χ4n) is 4.90. The van der Waals surface area contributed by atoms with Crippen LogP contribution in [0.5, 0.6) is 5.75 Å². The number of fused-ring (bicyclic) bond motifs is 1. The lowest BCUT2D eigenvalue weighted by atomic mass is 10.1. The third-order valence-electron chi connectivity index (χ3n) is 6.52. The van der Waals surface area contributed by atoms with Crippen LogP contribution in [-0.2, 0) is 16.1 Å². The number of aromatic nitrogens is 2. The Hall–Kier alpha value is -3.92. The summed E-state index contributed by atoms with van der Waals surface area (Å²) in [6, 6.07) is 10.6. The van der Waals surface area contributed by atoms with Crippen LogP contribution in [0.3, 0.4) is 0 Å². The highest BCUT2D eigenvalue weighted by Gasteiger charge is 2.33. The number of carbonyl (C=O) groups is 2. The summed E-state index contributed by atoms with van der Waals surface area (Å²) < 4.78 is 12.7. The van der Waals surface area contributed by atoms with Gasteiger partial charge in [-0.15, -0.1) is 0 Å². The first-order chi connectivity index (χ1) is 16.6. The van der Waals surface area contributed by atoms with Crippen molar-refractivity contribution in [1.82, 2.24) is 14.9 Å². The van der Waals surface area contributed by atoms with Gasteiger partial charge in [0.1, 0.15) is 11.9 Å². The highest BCUT2D eigenvalue weighted by atomic mass is 16.6. The second-order valence-electron chi connectivity index (χ2n) is 8.70. The minimum Gasteiger partial charge on any atom is -0.482 e. The normalized spacial score (nSPS) is 20.8. The van der Waals surface area contributed by atoms with Crippen LogP contribution in [0.2, 0.25) is 0 Å². The second kappa shape index (κ2) is 8.14. The van der Waals surface area contributed by atoms with E-state index in [1.165, 1.54) is 0 Å². The topological polar surface area (TPSA) is 115 Å². The molecule has 2 atom stereocenters. The van der Waals surface area contributed by atoms with Gasteiger partial charge in [0, 0.05) is 24.5 Å². The summed E-state index contributed by atoms with van der Waals surface area (Å²) in [6.45, 7) is 1.75. The van der Waals surface area contributed by atoms with Gasteiger partial charge in [-0.1, -0.05) is 0 Å². The summed E-state index contributed by atoms with van der Waals surface area (Å²) >= 11 is 0. The van der Waals surface area contributed by atoms with E-state index in [4.69, 9.17) is 9.47 Å². The van der Waals surface area contributed by atoms with Crippen molar-refractivity contribution < 1.29 is 19.1 Å². The van der Waals surface area contributed by atoms with Crippen LogP contribution in [0.15, 0.2) is 47.4 Å². The summed E-state index contributed by atoms with van der Waals surface area (Å²) in [4.78, 5) is 42.2. The van der Waals surface area contributed by atoms with E-state index in [2.05, 4.69) is 15.6 Å². The van der Waals surface area contributed by atoms with Crippen LogP contribution in [-0.4, -0.2) is 47.4 Å². The number of hydrogen-bond donors (Lipinski definition) is 2. The van der Waals surface area contributed by atoms with Crippen molar-refractivity contribution in [2.24, 2.45) is 0 Å². The van der Waals surface area contributed by atoms with Crippen molar-refractivity contribution in [2.75, 3.05) is 29.9 Å². The quantitative estimate of drug-likeness (QED) is 0.541. The van der Waals surface area contributed by atoms with Crippen molar-refractivity contribution in [2.45, 2.75) is 31.5 Å². The molecule has 1 saturated heterocycles. The molecule has 34 heavy (non-hydrogen) atoms. The van der Waals surface area contributed by atoms with Gasteiger partial charge in [0.05, 0.1) is 29.3 Å². The van der Waals surface area contributed by atoms with Crippen LogP contribution in [0.4, 0.5) is 16.2 Å². The van der Waals surface area contributed by atoms with Crippen LogP contribution in [0, 0.1) is 0 Å². The Balaban J connectivity index is 1.05. The zero-order valence-corrected chi connectivity index (χ0v) is 18.3. The fourth-order valence-corrected chi connectivity index (χ4v) is 4.90. The summed E-state index contributed by atoms with van der Waals surface area (Å²) in [6.07, 6.45) is 2.69. The number of nitrogens with zero attached hydrogens (tertiary/aromatic N) is 3. The first-order valence-electron chi connectivity index (χ1n) is 11.3. The summed E-state index contributed by atoms with van der Waals surface area (Å²) in [5, 5.41) is 6.30. The van der Waals surface area contributed by atoms with Crippen LogP contribution in [0.25, 0.3) is 11.0 Å². The molecule has 0 aliphatic carbocycles. The molecule has 3 aliphatic heterocycles. The van der Waals surface area contributed by atoms with Crippen LogP contribution < -0.4 is 25.8 Å². The van der Waals surface area contributed by atoms with Gasteiger partial charge in [0.15, 0.2) is 6.61 Å². The van der Waals surface area contributed by atoms with E-state index in [-0.39, 0.29) is 30.2 Å². The van der Waals surface area contributed by atoms with E-state index >= 15 is 0 Å². The largest absolute Gasteiger partial charge is 0.482 e. The molecule has 5 heterocycles. The molecule has 2 aromatic heterocycles. The number of ether oxygens (including phenoxy) is 2. The molecule has 10 nitrogen and oxygen atoms in total. The van der Waals surface area contributed by atoms with Crippen LogP contribution >= 0.6 is 0 Å². The number of benzene rings is 1. The zero-order chi connectivity index (χ0) is 23.2. The SMILES string of the molecule is O=C1COc2ccc(N3C[C@@H](CCCN[C@H]4Cn5c(=O)ccc6nccc4c65)OC3=O)cc2N1.